The van der Waals surface area contributed by atoms with E-state index in [1.807, 2.05) is 53.2 Å². The molecule has 0 aliphatic rings. The first-order chi connectivity index (χ1) is 11.3. The number of carbonyl (C=O) groups excluding carboxylic acids is 1. The van der Waals surface area contributed by atoms with Gasteiger partial charge >= 0.3 is 0 Å². The molecule has 4 rings (SSSR count). The van der Waals surface area contributed by atoms with Crippen molar-refractivity contribution < 1.29 is 4.79 Å². The molecule has 5 heteroatoms. The summed E-state index contributed by atoms with van der Waals surface area (Å²) in [6.45, 7) is 0.560. The second kappa shape index (κ2) is 5.37. The topological polar surface area (TPSA) is 65.3 Å². The van der Waals surface area contributed by atoms with Gasteiger partial charge in [0, 0.05) is 23.3 Å². The van der Waals surface area contributed by atoms with Crippen molar-refractivity contribution >= 4 is 22.3 Å². The highest BCUT2D eigenvalue weighted by atomic mass is 16.2. The number of carbonyl (C=O) groups is 1. The Labute approximate surface area is 133 Å². The highest BCUT2D eigenvalue weighted by Gasteiger charge is 2.15. The van der Waals surface area contributed by atoms with E-state index in [1.165, 1.54) is 0 Å². The highest BCUT2D eigenvalue weighted by Crippen LogP contribution is 2.23. The van der Waals surface area contributed by atoms with Crippen molar-refractivity contribution in [2.75, 3.05) is 6.54 Å². The molecule has 0 amide bonds. The molecule has 4 aromatic rings. The van der Waals surface area contributed by atoms with E-state index in [0.29, 0.717) is 12.1 Å². The van der Waals surface area contributed by atoms with Crippen LogP contribution < -0.4 is 5.73 Å². The lowest BCUT2D eigenvalue weighted by molar-refractivity contribution is 0.0965. The minimum Gasteiger partial charge on any atom is -0.330 e. The third-order valence-corrected chi connectivity index (χ3v) is 4.09. The van der Waals surface area contributed by atoms with Gasteiger partial charge in [0.05, 0.1) is 23.6 Å². The third-order valence-electron chi connectivity index (χ3n) is 4.09. The molecule has 0 unspecified atom stereocenters. The largest absolute Gasteiger partial charge is 0.330 e. The zero-order valence-corrected chi connectivity index (χ0v) is 12.5. The zero-order valence-electron chi connectivity index (χ0n) is 12.5. The van der Waals surface area contributed by atoms with E-state index >= 15 is 0 Å². The number of para-hydroxylation sites is 1. The summed E-state index contributed by atoms with van der Waals surface area (Å²) >= 11 is 0. The van der Waals surface area contributed by atoms with Crippen LogP contribution in [0.2, 0.25) is 0 Å². The molecule has 0 spiro atoms. The molecular weight excluding hydrogens is 288 g/mol. The van der Waals surface area contributed by atoms with Gasteiger partial charge in [-0.3, -0.25) is 9.36 Å². The van der Waals surface area contributed by atoms with Gasteiger partial charge in [0.15, 0.2) is 0 Å². The quantitative estimate of drug-likeness (QED) is 0.632. The van der Waals surface area contributed by atoms with Crippen molar-refractivity contribution in [1.29, 1.82) is 0 Å². The summed E-state index contributed by atoms with van der Waals surface area (Å²) in [6.07, 6.45) is 7.96. The van der Waals surface area contributed by atoms with Crippen LogP contribution in [0.25, 0.3) is 16.4 Å². The maximum Gasteiger partial charge on any atom is 0.262 e. The van der Waals surface area contributed by atoms with Gasteiger partial charge in [-0.25, -0.2) is 4.98 Å². The van der Waals surface area contributed by atoms with Crippen LogP contribution in [0.4, 0.5) is 0 Å². The number of benzene rings is 1. The summed E-state index contributed by atoms with van der Waals surface area (Å²) in [5.74, 6) is -0.0480. The predicted molar refractivity (Wildman–Crippen MR) is 89.6 cm³/mol. The van der Waals surface area contributed by atoms with Crippen LogP contribution in [0.3, 0.4) is 0 Å². The second-order valence-corrected chi connectivity index (χ2v) is 5.53. The molecule has 23 heavy (non-hydrogen) atoms. The van der Waals surface area contributed by atoms with Crippen LogP contribution in [0.5, 0.6) is 0 Å². The maximum absolute atomic E-state index is 12.9. The maximum atomic E-state index is 12.9. The molecule has 114 valence electrons. The Hall–Kier alpha value is -2.92. The molecule has 1 aromatic carbocycles. The molecule has 0 fully saturated rings. The van der Waals surface area contributed by atoms with Gasteiger partial charge in [0.25, 0.3) is 5.91 Å². The van der Waals surface area contributed by atoms with E-state index < -0.39 is 0 Å². The summed E-state index contributed by atoms with van der Waals surface area (Å²) in [7, 11) is 0. The minimum absolute atomic E-state index is 0.0480. The van der Waals surface area contributed by atoms with Gasteiger partial charge in [-0.2, -0.15) is 0 Å². The fourth-order valence-corrected chi connectivity index (χ4v) is 2.96. The number of imidazole rings is 1. The Morgan fingerprint density at radius 3 is 2.96 bits per heavy atom. The van der Waals surface area contributed by atoms with Crippen LogP contribution in [-0.2, 0) is 6.42 Å². The lowest BCUT2D eigenvalue weighted by Crippen LogP contribution is -2.11. The molecule has 0 radical (unpaired) electrons. The molecule has 0 atom stereocenters. The summed E-state index contributed by atoms with van der Waals surface area (Å²) < 4.78 is 3.59. The molecule has 0 saturated heterocycles. The number of nitrogens with zero attached hydrogens (tertiary/aromatic N) is 3. The van der Waals surface area contributed by atoms with Gasteiger partial charge in [0.1, 0.15) is 0 Å². The van der Waals surface area contributed by atoms with Gasteiger partial charge < -0.3 is 10.1 Å². The fourth-order valence-electron chi connectivity index (χ4n) is 2.96. The van der Waals surface area contributed by atoms with E-state index in [4.69, 9.17) is 5.73 Å². The smallest absolute Gasteiger partial charge is 0.262 e. The normalized spacial score (nSPS) is 11.3. The molecular formula is C18H16N4O. The Kier molecular flexibility index (Phi) is 3.20. The predicted octanol–water partition coefficient (Wildman–Crippen LogP) is 2.48. The molecule has 0 aliphatic carbocycles. The monoisotopic (exact) mass is 304 g/mol. The molecule has 0 saturated carbocycles. The van der Waals surface area contributed by atoms with Gasteiger partial charge in [0.2, 0.25) is 0 Å². The highest BCUT2D eigenvalue weighted by molar-refractivity contribution is 6.03. The number of nitrogens with two attached hydrogens (primary N) is 1. The van der Waals surface area contributed by atoms with E-state index in [9.17, 15) is 4.79 Å². The third kappa shape index (κ3) is 2.22. The first-order valence-corrected chi connectivity index (χ1v) is 7.53. The molecule has 0 bridgehead atoms. The molecule has 0 aliphatic heterocycles. The van der Waals surface area contributed by atoms with Crippen LogP contribution in [0, 0.1) is 0 Å². The SMILES string of the molecule is NCCc1cn(C(=O)c2ccn3cncc3c2)c2ccccc12. The zero-order chi connectivity index (χ0) is 15.8. The molecule has 3 heterocycles. The Balaban J connectivity index is 1.85. The van der Waals surface area contributed by atoms with Crippen molar-refractivity contribution in [2.24, 2.45) is 5.73 Å². The summed E-state index contributed by atoms with van der Waals surface area (Å²) in [5, 5.41) is 1.08. The van der Waals surface area contributed by atoms with Gasteiger partial charge in [-0.15, -0.1) is 0 Å². The van der Waals surface area contributed by atoms with E-state index in [-0.39, 0.29) is 5.91 Å². The standard InChI is InChI=1S/C18H16N4O/c19-7-5-14-11-22(17-4-2-1-3-16(14)17)18(23)13-6-8-21-12-20-10-15(21)9-13/h1-4,6,8-12H,5,7,19H2. The Morgan fingerprint density at radius 1 is 1.22 bits per heavy atom. The number of hydrogen-bond acceptors (Lipinski definition) is 3. The second-order valence-electron chi connectivity index (χ2n) is 5.53. The van der Waals surface area contributed by atoms with Crippen molar-refractivity contribution in [2.45, 2.75) is 6.42 Å². The van der Waals surface area contributed by atoms with Crippen molar-refractivity contribution in [3.8, 4) is 0 Å². The van der Waals surface area contributed by atoms with E-state index in [0.717, 1.165) is 28.4 Å². The number of fused-ring (bicyclic) bond motifs is 2. The molecule has 3 aromatic heterocycles. The summed E-state index contributed by atoms with van der Waals surface area (Å²) in [6, 6.07) is 11.6. The number of rotatable bonds is 3. The van der Waals surface area contributed by atoms with E-state index in [2.05, 4.69) is 4.98 Å². The number of hydrogen-bond donors (Lipinski definition) is 1. The van der Waals surface area contributed by atoms with Gasteiger partial charge in [-0.05, 0) is 36.7 Å². The Bertz CT molecular complexity index is 1010. The van der Waals surface area contributed by atoms with Crippen LogP contribution in [-0.4, -0.2) is 26.4 Å². The lowest BCUT2D eigenvalue weighted by atomic mass is 10.1. The van der Waals surface area contributed by atoms with Crippen LogP contribution in [0.15, 0.2) is 61.3 Å². The first-order valence-electron chi connectivity index (χ1n) is 7.53. The number of pyridine rings is 1. The average molecular weight is 304 g/mol. The first kappa shape index (κ1) is 13.7. The summed E-state index contributed by atoms with van der Waals surface area (Å²) in [4.78, 5) is 17.0. The molecule has 2 N–H and O–H groups in total. The van der Waals surface area contributed by atoms with Gasteiger partial charge in [-0.1, -0.05) is 18.2 Å². The lowest BCUT2D eigenvalue weighted by Gasteiger charge is -2.05. The van der Waals surface area contributed by atoms with Crippen molar-refractivity contribution in [3.63, 3.8) is 0 Å². The average Bonchev–Trinajstić information content (AvgIpc) is 3.19. The van der Waals surface area contributed by atoms with Crippen molar-refractivity contribution in [1.82, 2.24) is 14.0 Å². The molecule has 5 nitrogen and oxygen atoms in total. The van der Waals surface area contributed by atoms with Crippen molar-refractivity contribution in [3.05, 3.63) is 72.4 Å². The number of aromatic nitrogens is 3. The van der Waals surface area contributed by atoms with E-state index in [1.54, 1.807) is 17.1 Å². The van der Waals surface area contributed by atoms with Crippen LogP contribution >= 0.6 is 0 Å². The minimum atomic E-state index is -0.0480. The fraction of sp³-hybridized carbons (Fsp3) is 0.111. The Morgan fingerprint density at radius 2 is 2.09 bits per heavy atom. The summed E-state index contributed by atoms with van der Waals surface area (Å²) in [5.41, 5.74) is 9.24. The van der Waals surface area contributed by atoms with Crippen LogP contribution in [0.1, 0.15) is 15.9 Å².